The van der Waals surface area contributed by atoms with Crippen LogP contribution in [0.25, 0.3) is 10.9 Å². The molecule has 130 valence electrons. The second-order valence-corrected chi connectivity index (χ2v) is 7.51. The number of nitrogens with one attached hydrogen (secondary N) is 1. The van der Waals surface area contributed by atoms with Crippen molar-refractivity contribution < 1.29 is 9.47 Å². The van der Waals surface area contributed by atoms with Crippen LogP contribution in [0.1, 0.15) is 19.7 Å². The first kappa shape index (κ1) is 17.1. The van der Waals surface area contributed by atoms with Crippen molar-refractivity contribution in [3.63, 3.8) is 0 Å². The molecule has 1 saturated heterocycles. The van der Waals surface area contributed by atoms with Crippen molar-refractivity contribution in [1.82, 2.24) is 14.9 Å². The van der Waals surface area contributed by atoms with Crippen molar-refractivity contribution in [2.75, 3.05) is 26.5 Å². The quantitative estimate of drug-likeness (QED) is 0.913. The van der Waals surface area contributed by atoms with E-state index >= 15 is 0 Å². The number of benzene rings is 1. The number of nitrogens with zero attached hydrogens (tertiary/aromatic N) is 2. The first-order valence-corrected chi connectivity index (χ1v) is 9.09. The highest BCUT2D eigenvalue weighted by atomic mass is 32.2. The summed E-state index contributed by atoms with van der Waals surface area (Å²) in [7, 11) is 3.13. The fourth-order valence-electron chi connectivity index (χ4n) is 3.00. The predicted octanol–water partition coefficient (Wildman–Crippen LogP) is 2.27. The third-order valence-corrected chi connectivity index (χ3v) is 5.97. The van der Waals surface area contributed by atoms with E-state index in [-0.39, 0.29) is 5.56 Å². The van der Waals surface area contributed by atoms with E-state index in [1.54, 1.807) is 26.4 Å². The Labute approximate surface area is 145 Å². The van der Waals surface area contributed by atoms with Gasteiger partial charge in [-0.2, -0.15) is 11.8 Å². The van der Waals surface area contributed by atoms with E-state index in [1.807, 2.05) is 11.8 Å². The number of hydrogen-bond donors (Lipinski definition) is 1. The normalized spacial score (nSPS) is 21.8. The van der Waals surface area contributed by atoms with Gasteiger partial charge in [0.25, 0.3) is 5.56 Å². The summed E-state index contributed by atoms with van der Waals surface area (Å²) >= 11 is 1.99. The number of hydrogen-bond acceptors (Lipinski definition) is 6. The molecule has 2 aromatic rings. The van der Waals surface area contributed by atoms with Gasteiger partial charge >= 0.3 is 0 Å². The fraction of sp³-hybridized carbons (Fsp3) is 0.529. The topological polar surface area (TPSA) is 67.5 Å². The standard InChI is InChI=1S/C17H23N3O3S/c1-10-11(2)24-6-5-20(10)9-16-18-13-8-15(23-4)14(22-3)7-12(13)17(21)19-16/h7-8,10-11H,5-6,9H2,1-4H3,(H,18,19,21). The molecule has 2 atom stereocenters. The molecular weight excluding hydrogens is 326 g/mol. The Balaban J connectivity index is 1.96. The highest BCUT2D eigenvalue weighted by Gasteiger charge is 2.25. The molecule has 1 N–H and O–H groups in total. The lowest BCUT2D eigenvalue weighted by molar-refractivity contribution is 0.199. The van der Waals surface area contributed by atoms with Crippen LogP contribution in [0.5, 0.6) is 11.5 Å². The SMILES string of the molecule is COc1cc2nc(CN3CCSC(C)C3C)[nH]c(=O)c2cc1OC. The number of aromatic amines is 1. The molecule has 2 heterocycles. The molecule has 1 aliphatic heterocycles. The van der Waals surface area contributed by atoms with Crippen molar-refractivity contribution in [1.29, 1.82) is 0 Å². The van der Waals surface area contributed by atoms with Gasteiger partial charge < -0.3 is 14.5 Å². The van der Waals surface area contributed by atoms with Crippen LogP contribution in [0.3, 0.4) is 0 Å². The first-order chi connectivity index (χ1) is 11.5. The zero-order valence-corrected chi connectivity index (χ0v) is 15.3. The maximum Gasteiger partial charge on any atom is 0.258 e. The summed E-state index contributed by atoms with van der Waals surface area (Å²) in [6.07, 6.45) is 0. The minimum Gasteiger partial charge on any atom is -0.493 e. The summed E-state index contributed by atoms with van der Waals surface area (Å²) in [6, 6.07) is 3.88. The average Bonchev–Trinajstić information content (AvgIpc) is 2.58. The molecule has 0 amide bonds. The summed E-state index contributed by atoms with van der Waals surface area (Å²) in [4.78, 5) is 22.4. The monoisotopic (exact) mass is 349 g/mol. The van der Waals surface area contributed by atoms with Crippen molar-refractivity contribution in [2.45, 2.75) is 31.7 Å². The van der Waals surface area contributed by atoms with E-state index in [2.05, 4.69) is 28.7 Å². The fourth-order valence-corrected chi connectivity index (χ4v) is 4.16. The second kappa shape index (κ2) is 7.03. The van der Waals surface area contributed by atoms with Gasteiger partial charge in [-0.05, 0) is 13.0 Å². The Kier molecular flexibility index (Phi) is 5.01. The summed E-state index contributed by atoms with van der Waals surface area (Å²) in [6.45, 7) is 6.12. The molecule has 0 bridgehead atoms. The molecule has 0 radical (unpaired) electrons. The summed E-state index contributed by atoms with van der Waals surface area (Å²) in [5, 5.41) is 1.09. The zero-order valence-electron chi connectivity index (χ0n) is 14.5. The van der Waals surface area contributed by atoms with E-state index in [4.69, 9.17) is 9.47 Å². The van der Waals surface area contributed by atoms with Gasteiger partial charge in [-0.15, -0.1) is 0 Å². The van der Waals surface area contributed by atoms with Gasteiger partial charge in [0.2, 0.25) is 0 Å². The highest BCUT2D eigenvalue weighted by Crippen LogP contribution is 2.30. The Morgan fingerprint density at radius 3 is 2.71 bits per heavy atom. The molecule has 0 saturated carbocycles. The Hall–Kier alpha value is -1.73. The van der Waals surface area contributed by atoms with Crippen LogP contribution in [0.15, 0.2) is 16.9 Å². The molecule has 1 aromatic heterocycles. The van der Waals surface area contributed by atoms with E-state index in [0.717, 1.165) is 12.3 Å². The third kappa shape index (κ3) is 3.23. The molecule has 1 fully saturated rings. The number of H-pyrrole nitrogens is 1. The molecule has 6 nitrogen and oxygen atoms in total. The lowest BCUT2D eigenvalue weighted by Crippen LogP contribution is -2.44. The van der Waals surface area contributed by atoms with Gasteiger partial charge in [0, 0.05) is 29.7 Å². The van der Waals surface area contributed by atoms with E-state index < -0.39 is 0 Å². The van der Waals surface area contributed by atoms with Gasteiger partial charge in [0.1, 0.15) is 5.82 Å². The van der Waals surface area contributed by atoms with Crippen molar-refractivity contribution in [3.8, 4) is 11.5 Å². The van der Waals surface area contributed by atoms with Crippen molar-refractivity contribution >= 4 is 22.7 Å². The zero-order chi connectivity index (χ0) is 17.3. The smallest absolute Gasteiger partial charge is 0.258 e. The van der Waals surface area contributed by atoms with Crippen molar-refractivity contribution in [2.24, 2.45) is 0 Å². The van der Waals surface area contributed by atoms with Crippen LogP contribution in [0.2, 0.25) is 0 Å². The summed E-state index contributed by atoms with van der Waals surface area (Å²) in [5.41, 5.74) is 0.474. The van der Waals surface area contributed by atoms with Gasteiger partial charge in [-0.25, -0.2) is 4.98 Å². The lowest BCUT2D eigenvalue weighted by Gasteiger charge is -2.37. The molecular formula is C17H23N3O3S. The molecule has 0 spiro atoms. The molecule has 2 unspecified atom stereocenters. The largest absolute Gasteiger partial charge is 0.493 e. The number of ether oxygens (including phenoxy) is 2. The molecule has 24 heavy (non-hydrogen) atoms. The highest BCUT2D eigenvalue weighted by molar-refractivity contribution is 8.00. The Morgan fingerprint density at radius 1 is 1.29 bits per heavy atom. The van der Waals surface area contributed by atoms with Crippen LogP contribution in [0, 0.1) is 0 Å². The van der Waals surface area contributed by atoms with Gasteiger partial charge in [-0.1, -0.05) is 6.92 Å². The maximum atomic E-state index is 12.4. The van der Waals surface area contributed by atoms with Crippen LogP contribution >= 0.6 is 11.8 Å². The van der Waals surface area contributed by atoms with Gasteiger partial charge in [-0.3, -0.25) is 9.69 Å². The second-order valence-electron chi connectivity index (χ2n) is 6.02. The maximum absolute atomic E-state index is 12.4. The lowest BCUT2D eigenvalue weighted by atomic mass is 10.2. The van der Waals surface area contributed by atoms with Crippen LogP contribution in [-0.2, 0) is 6.54 Å². The van der Waals surface area contributed by atoms with Gasteiger partial charge in [0.05, 0.1) is 31.7 Å². The molecule has 1 aliphatic rings. The van der Waals surface area contributed by atoms with Crippen molar-refractivity contribution in [3.05, 3.63) is 28.3 Å². The van der Waals surface area contributed by atoms with E-state index in [0.29, 0.717) is 46.1 Å². The molecule has 7 heteroatoms. The number of aromatic nitrogens is 2. The minimum atomic E-state index is -0.150. The minimum absolute atomic E-state index is 0.150. The Morgan fingerprint density at radius 2 is 2.00 bits per heavy atom. The number of methoxy groups -OCH3 is 2. The molecule has 3 rings (SSSR count). The Bertz CT molecular complexity index is 792. The van der Waals surface area contributed by atoms with E-state index in [9.17, 15) is 4.79 Å². The van der Waals surface area contributed by atoms with E-state index in [1.165, 1.54) is 0 Å². The van der Waals surface area contributed by atoms with Crippen LogP contribution in [-0.4, -0.2) is 52.7 Å². The van der Waals surface area contributed by atoms with Crippen LogP contribution < -0.4 is 15.0 Å². The number of rotatable bonds is 4. The first-order valence-electron chi connectivity index (χ1n) is 8.04. The number of thioether (sulfide) groups is 1. The molecule has 1 aromatic carbocycles. The third-order valence-electron chi connectivity index (χ3n) is 4.63. The van der Waals surface area contributed by atoms with Crippen LogP contribution in [0.4, 0.5) is 0 Å². The average molecular weight is 349 g/mol. The predicted molar refractivity (Wildman–Crippen MR) is 97.3 cm³/mol. The van der Waals surface area contributed by atoms with Gasteiger partial charge in [0.15, 0.2) is 11.5 Å². The number of fused-ring (bicyclic) bond motifs is 1. The summed E-state index contributed by atoms with van der Waals surface area (Å²) < 4.78 is 10.6. The summed E-state index contributed by atoms with van der Waals surface area (Å²) in [5.74, 6) is 2.89. The molecule has 0 aliphatic carbocycles.